The summed E-state index contributed by atoms with van der Waals surface area (Å²) >= 11 is 0. The molecule has 1 aromatic rings. The van der Waals surface area contributed by atoms with Crippen LogP contribution in [0.2, 0.25) is 0 Å². The molecule has 0 heterocycles. The Hall–Kier alpha value is -1.35. The molecule has 0 aliphatic heterocycles. The van der Waals surface area contributed by atoms with Crippen LogP contribution in [0.5, 0.6) is 5.75 Å². The fourth-order valence-corrected chi connectivity index (χ4v) is 1.56. The standard InChI is InChI=1S/C14H20O3/c1-12(15)6-3-4-9-17-14-8-5-7-13(10-14)11-16-2/h5,7-8,10H,3-4,6,9,11H2,1-2H3. The van der Waals surface area contributed by atoms with Crippen molar-refractivity contribution in [3.8, 4) is 5.75 Å². The molecule has 94 valence electrons. The number of hydrogen-bond acceptors (Lipinski definition) is 3. The summed E-state index contributed by atoms with van der Waals surface area (Å²) < 4.78 is 10.7. The Bertz CT molecular complexity index is 347. The van der Waals surface area contributed by atoms with E-state index in [0.717, 1.165) is 24.2 Å². The van der Waals surface area contributed by atoms with Crippen LogP contribution in [0.15, 0.2) is 24.3 Å². The minimum absolute atomic E-state index is 0.243. The van der Waals surface area contributed by atoms with Crippen molar-refractivity contribution in [2.24, 2.45) is 0 Å². The van der Waals surface area contributed by atoms with Gasteiger partial charge in [-0.1, -0.05) is 12.1 Å². The molecule has 1 rings (SSSR count). The molecule has 0 bridgehead atoms. The van der Waals surface area contributed by atoms with Gasteiger partial charge >= 0.3 is 0 Å². The number of ether oxygens (including phenoxy) is 2. The smallest absolute Gasteiger partial charge is 0.129 e. The van der Waals surface area contributed by atoms with Gasteiger partial charge in [-0.05, 0) is 37.5 Å². The quantitative estimate of drug-likeness (QED) is 0.651. The predicted octanol–water partition coefficient (Wildman–Crippen LogP) is 2.97. The van der Waals surface area contributed by atoms with Crippen LogP contribution < -0.4 is 4.74 Å². The van der Waals surface area contributed by atoms with Crippen LogP contribution in [0, 0.1) is 0 Å². The minimum atomic E-state index is 0.243. The molecule has 0 aromatic heterocycles. The zero-order valence-electron chi connectivity index (χ0n) is 10.6. The topological polar surface area (TPSA) is 35.5 Å². The summed E-state index contributed by atoms with van der Waals surface area (Å²) in [7, 11) is 1.68. The van der Waals surface area contributed by atoms with Crippen LogP contribution in [0.4, 0.5) is 0 Å². The summed E-state index contributed by atoms with van der Waals surface area (Å²) in [6, 6.07) is 7.88. The molecule has 0 saturated heterocycles. The van der Waals surface area contributed by atoms with Crippen LogP contribution in [0.1, 0.15) is 31.7 Å². The molecule has 3 heteroatoms. The van der Waals surface area contributed by atoms with Crippen molar-refractivity contribution in [3.05, 3.63) is 29.8 Å². The van der Waals surface area contributed by atoms with E-state index in [0.29, 0.717) is 19.6 Å². The Morgan fingerprint density at radius 3 is 2.82 bits per heavy atom. The highest BCUT2D eigenvalue weighted by Gasteiger charge is 1.98. The van der Waals surface area contributed by atoms with Gasteiger partial charge in [-0.3, -0.25) is 0 Å². The molecule has 0 N–H and O–H groups in total. The maximum absolute atomic E-state index is 10.7. The summed E-state index contributed by atoms with van der Waals surface area (Å²) in [6.07, 6.45) is 2.45. The number of Topliss-reactive ketones (excluding diaryl/α,β-unsaturated/α-hetero) is 1. The van der Waals surface area contributed by atoms with E-state index >= 15 is 0 Å². The number of methoxy groups -OCH3 is 1. The van der Waals surface area contributed by atoms with Gasteiger partial charge in [0.2, 0.25) is 0 Å². The van der Waals surface area contributed by atoms with Crippen LogP contribution in [0.25, 0.3) is 0 Å². The SMILES string of the molecule is COCc1cccc(OCCCCC(C)=O)c1. The first-order valence-electron chi connectivity index (χ1n) is 5.92. The van der Waals surface area contributed by atoms with Crippen LogP contribution in [-0.2, 0) is 16.1 Å². The van der Waals surface area contributed by atoms with Gasteiger partial charge in [0.15, 0.2) is 0 Å². The Labute approximate surface area is 103 Å². The van der Waals surface area contributed by atoms with E-state index in [2.05, 4.69) is 0 Å². The first-order chi connectivity index (χ1) is 8.22. The second kappa shape index (κ2) is 7.85. The van der Waals surface area contributed by atoms with Crippen molar-refractivity contribution < 1.29 is 14.3 Å². The lowest BCUT2D eigenvalue weighted by atomic mass is 10.2. The number of carbonyl (C=O) groups is 1. The average Bonchev–Trinajstić information content (AvgIpc) is 2.29. The first-order valence-corrected chi connectivity index (χ1v) is 5.92. The molecule has 0 aliphatic rings. The van der Waals surface area contributed by atoms with E-state index < -0.39 is 0 Å². The van der Waals surface area contributed by atoms with Crippen molar-refractivity contribution in [3.63, 3.8) is 0 Å². The van der Waals surface area contributed by atoms with Gasteiger partial charge in [-0.15, -0.1) is 0 Å². The van der Waals surface area contributed by atoms with Gasteiger partial charge in [0, 0.05) is 13.5 Å². The molecule has 0 radical (unpaired) electrons. The van der Waals surface area contributed by atoms with Gasteiger partial charge in [0.05, 0.1) is 13.2 Å². The highest BCUT2D eigenvalue weighted by Crippen LogP contribution is 2.14. The highest BCUT2D eigenvalue weighted by atomic mass is 16.5. The molecule has 0 saturated carbocycles. The highest BCUT2D eigenvalue weighted by molar-refractivity contribution is 5.75. The monoisotopic (exact) mass is 236 g/mol. The summed E-state index contributed by atoms with van der Waals surface area (Å²) in [5.41, 5.74) is 1.11. The Morgan fingerprint density at radius 2 is 2.12 bits per heavy atom. The van der Waals surface area contributed by atoms with Gasteiger partial charge in [-0.25, -0.2) is 0 Å². The maximum Gasteiger partial charge on any atom is 0.129 e. The van der Waals surface area contributed by atoms with Gasteiger partial charge in [-0.2, -0.15) is 0 Å². The zero-order chi connectivity index (χ0) is 12.5. The third-order valence-electron chi connectivity index (χ3n) is 2.40. The third kappa shape index (κ3) is 6.07. The normalized spacial score (nSPS) is 10.2. The first kappa shape index (κ1) is 13.7. The van der Waals surface area contributed by atoms with E-state index in [1.807, 2.05) is 24.3 Å². The van der Waals surface area contributed by atoms with Gasteiger partial charge in [0.25, 0.3) is 0 Å². The molecule has 3 nitrogen and oxygen atoms in total. The van der Waals surface area contributed by atoms with Crippen LogP contribution in [0.3, 0.4) is 0 Å². The molecule has 17 heavy (non-hydrogen) atoms. The molecule has 0 aliphatic carbocycles. The number of unbranched alkanes of at least 4 members (excludes halogenated alkanes) is 1. The Morgan fingerprint density at radius 1 is 1.29 bits per heavy atom. The van der Waals surface area contributed by atoms with E-state index in [-0.39, 0.29) is 5.78 Å². The number of rotatable bonds is 8. The van der Waals surface area contributed by atoms with Crippen molar-refractivity contribution in [1.82, 2.24) is 0 Å². The molecule has 0 atom stereocenters. The second-order valence-corrected chi connectivity index (χ2v) is 4.09. The van der Waals surface area contributed by atoms with Gasteiger partial charge in [0.1, 0.15) is 11.5 Å². The van der Waals surface area contributed by atoms with Crippen molar-refractivity contribution in [2.45, 2.75) is 32.8 Å². The average molecular weight is 236 g/mol. The predicted molar refractivity (Wildman–Crippen MR) is 67.2 cm³/mol. The number of hydrogen-bond donors (Lipinski definition) is 0. The molecule has 0 fully saturated rings. The number of carbonyl (C=O) groups excluding carboxylic acids is 1. The van der Waals surface area contributed by atoms with E-state index in [1.165, 1.54) is 0 Å². The van der Waals surface area contributed by atoms with Crippen molar-refractivity contribution in [2.75, 3.05) is 13.7 Å². The summed E-state index contributed by atoms with van der Waals surface area (Å²) in [6.45, 7) is 2.88. The lowest BCUT2D eigenvalue weighted by Gasteiger charge is -2.07. The minimum Gasteiger partial charge on any atom is -0.494 e. The van der Waals surface area contributed by atoms with E-state index in [4.69, 9.17) is 9.47 Å². The maximum atomic E-state index is 10.7. The van der Waals surface area contributed by atoms with E-state index in [9.17, 15) is 4.79 Å². The second-order valence-electron chi connectivity index (χ2n) is 4.09. The molecular weight excluding hydrogens is 216 g/mol. The summed E-state index contributed by atoms with van der Waals surface area (Å²) in [4.78, 5) is 10.7. The summed E-state index contributed by atoms with van der Waals surface area (Å²) in [5.74, 6) is 1.11. The third-order valence-corrected chi connectivity index (χ3v) is 2.40. The molecule has 0 unspecified atom stereocenters. The molecular formula is C14H20O3. The Kier molecular flexibility index (Phi) is 6.33. The van der Waals surface area contributed by atoms with Crippen molar-refractivity contribution >= 4 is 5.78 Å². The van der Waals surface area contributed by atoms with E-state index in [1.54, 1.807) is 14.0 Å². The fourth-order valence-electron chi connectivity index (χ4n) is 1.56. The zero-order valence-corrected chi connectivity index (χ0v) is 10.6. The van der Waals surface area contributed by atoms with Gasteiger partial charge < -0.3 is 14.3 Å². The lowest BCUT2D eigenvalue weighted by molar-refractivity contribution is -0.117. The number of benzene rings is 1. The fraction of sp³-hybridized carbons (Fsp3) is 0.500. The van der Waals surface area contributed by atoms with Crippen molar-refractivity contribution in [1.29, 1.82) is 0 Å². The molecule has 1 aromatic carbocycles. The Balaban J connectivity index is 2.26. The van der Waals surface area contributed by atoms with Crippen LogP contribution >= 0.6 is 0 Å². The summed E-state index contributed by atoms with van der Waals surface area (Å²) in [5, 5.41) is 0. The molecule has 0 amide bonds. The van der Waals surface area contributed by atoms with Crippen LogP contribution in [-0.4, -0.2) is 19.5 Å². The lowest BCUT2D eigenvalue weighted by Crippen LogP contribution is -1.99. The molecule has 0 spiro atoms. The number of ketones is 1. The largest absolute Gasteiger partial charge is 0.494 e.